The van der Waals surface area contributed by atoms with Gasteiger partial charge in [-0.3, -0.25) is 14.9 Å². The molecule has 2 atom stereocenters. The molecule has 17 heteroatoms. The molecule has 2 fully saturated rings. The summed E-state index contributed by atoms with van der Waals surface area (Å²) in [6.07, 6.45) is 2.82. The summed E-state index contributed by atoms with van der Waals surface area (Å²) >= 11 is 0. The summed E-state index contributed by atoms with van der Waals surface area (Å²) in [5.41, 5.74) is 2.85. The monoisotopic (exact) mass is 722 g/mol. The molecule has 0 radical (unpaired) electrons. The molecule has 0 unspecified atom stereocenters. The van der Waals surface area contributed by atoms with E-state index in [-0.39, 0.29) is 29.0 Å². The number of hydrogen-bond donors (Lipinski definition) is 3. The smallest absolute Gasteiger partial charge is 0.320 e. The van der Waals surface area contributed by atoms with E-state index in [0.717, 1.165) is 0 Å². The van der Waals surface area contributed by atoms with E-state index in [0.29, 0.717) is 66.4 Å². The number of carbonyl (C=O) groups excluding carboxylic acids is 2. The fourth-order valence-corrected chi connectivity index (χ4v) is 7.62. The SMILES string of the molecule is COCCN1C[C@@H](NC(=O)Nc2c(C)c(-c3cnc(OC)c(C(=O)NC4CCS(=O)(=O)CC4)c3)nn2-c2ccccc2)[C@H](c2ccnc(F)c2)O1. The number of sulfone groups is 1. The van der Waals surface area contributed by atoms with Gasteiger partial charge < -0.3 is 20.1 Å². The van der Waals surface area contributed by atoms with Crippen LogP contribution < -0.4 is 20.7 Å². The molecule has 3 amide bonds. The third-order valence-corrected chi connectivity index (χ3v) is 10.5. The van der Waals surface area contributed by atoms with E-state index in [2.05, 4.69) is 25.9 Å². The second-order valence-electron chi connectivity index (χ2n) is 12.3. The molecule has 3 aromatic heterocycles. The van der Waals surface area contributed by atoms with Crippen molar-refractivity contribution in [1.29, 1.82) is 0 Å². The number of halogens is 1. The van der Waals surface area contributed by atoms with Crippen molar-refractivity contribution >= 4 is 27.6 Å². The summed E-state index contributed by atoms with van der Waals surface area (Å²) in [6, 6.07) is 12.3. The van der Waals surface area contributed by atoms with Gasteiger partial charge in [0.25, 0.3) is 5.91 Å². The van der Waals surface area contributed by atoms with Crippen LogP contribution in [0.1, 0.15) is 40.4 Å². The van der Waals surface area contributed by atoms with Crippen LogP contribution >= 0.6 is 0 Å². The van der Waals surface area contributed by atoms with Crippen molar-refractivity contribution in [2.24, 2.45) is 0 Å². The van der Waals surface area contributed by atoms with Gasteiger partial charge in [0.2, 0.25) is 11.8 Å². The molecular weight excluding hydrogens is 683 g/mol. The van der Waals surface area contributed by atoms with Crippen LogP contribution in [0.4, 0.5) is 15.0 Å². The maximum Gasteiger partial charge on any atom is 0.320 e. The van der Waals surface area contributed by atoms with E-state index in [1.807, 2.05) is 30.3 Å². The summed E-state index contributed by atoms with van der Waals surface area (Å²) in [7, 11) is -0.119. The quantitative estimate of drug-likeness (QED) is 0.194. The van der Waals surface area contributed by atoms with E-state index in [1.54, 1.807) is 35.9 Å². The fraction of sp³-hybridized carbons (Fsp3) is 0.382. The van der Waals surface area contributed by atoms with Crippen LogP contribution in [0.3, 0.4) is 0 Å². The molecule has 51 heavy (non-hydrogen) atoms. The van der Waals surface area contributed by atoms with Crippen molar-refractivity contribution in [3.8, 4) is 22.8 Å². The lowest BCUT2D eigenvalue weighted by Crippen LogP contribution is -2.42. The first kappa shape index (κ1) is 35.8. The molecule has 0 saturated carbocycles. The fourth-order valence-electron chi connectivity index (χ4n) is 6.13. The number of hydroxylamine groups is 2. The molecule has 0 bridgehead atoms. The van der Waals surface area contributed by atoms with Crippen molar-refractivity contribution < 1.29 is 36.7 Å². The standard InChI is InChI=1S/C34H39FN8O7S/c1-21-29(23-17-26(33(49-3)37-19-23)32(44)38-24-10-15-51(46,47)16-11-24)41-43(25-7-5-4-6-8-25)31(21)40-34(45)39-27-20-42(13-14-48-2)50-30(27)22-9-12-36-28(35)18-22/h4-9,12,17-19,24,27,30H,10-11,13-16,20H2,1-3H3,(H,38,44)(H2,39,40,45)/t27-,30+/m1/s1. The van der Waals surface area contributed by atoms with Crippen LogP contribution in [0.25, 0.3) is 16.9 Å². The first-order valence-corrected chi connectivity index (χ1v) is 18.2. The van der Waals surface area contributed by atoms with E-state index in [1.165, 1.54) is 25.6 Å². The molecule has 2 aliphatic heterocycles. The zero-order valence-electron chi connectivity index (χ0n) is 28.3. The Bertz CT molecular complexity index is 1980. The number of aromatic nitrogens is 4. The number of rotatable bonds is 11. The van der Waals surface area contributed by atoms with Crippen molar-refractivity contribution in [2.45, 2.75) is 38.0 Å². The minimum absolute atomic E-state index is 0.00955. The number of carbonyl (C=O) groups is 2. The highest BCUT2D eigenvalue weighted by molar-refractivity contribution is 7.91. The van der Waals surface area contributed by atoms with E-state index >= 15 is 0 Å². The molecule has 0 aliphatic carbocycles. The largest absolute Gasteiger partial charge is 0.480 e. The molecule has 1 aromatic carbocycles. The van der Waals surface area contributed by atoms with Gasteiger partial charge in [0.05, 0.1) is 42.6 Å². The Morgan fingerprint density at radius 1 is 1.06 bits per heavy atom. The summed E-state index contributed by atoms with van der Waals surface area (Å²) in [6.45, 7) is 2.93. The zero-order valence-corrected chi connectivity index (χ0v) is 29.2. The normalized spacial score (nSPS) is 19.1. The van der Waals surface area contributed by atoms with E-state index < -0.39 is 39.9 Å². The topological polar surface area (TPSA) is 179 Å². The van der Waals surface area contributed by atoms with Gasteiger partial charge in [0.15, 0.2) is 0 Å². The highest BCUT2D eigenvalue weighted by Gasteiger charge is 2.37. The average Bonchev–Trinajstić information content (AvgIpc) is 3.68. The Hall–Kier alpha value is -4.97. The summed E-state index contributed by atoms with van der Waals surface area (Å²) in [4.78, 5) is 41.2. The van der Waals surface area contributed by atoms with E-state index in [9.17, 15) is 22.4 Å². The molecule has 270 valence electrons. The van der Waals surface area contributed by atoms with Crippen molar-refractivity contribution in [2.75, 3.05) is 50.7 Å². The first-order chi connectivity index (χ1) is 24.5. The van der Waals surface area contributed by atoms with Crippen molar-refractivity contribution in [3.63, 3.8) is 0 Å². The number of nitrogens with zero attached hydrogens (tertiary/aromatic N) is 5. The second-order valence-corrected chi connectivity index (χ2v) is 14.6. The average molecular weight is 723 g/mol. The van der Waals surface area contributed by atoms with Crippen LogP contribution in [0.2, 0.25) is 0 Å². The zero-order chi connectivity index (χ0) is 36.1. The number of anilines is 1. The predicted molar refractivity (Wildman–Crippen MR) is 185 cm³/mol. The minimum atomic E-state index is -3.10. The van der Waals surface area contributed by atoms with Crippen LogP contribution in [0.5, 0.6) is 5.88 Å². The molecule has 6 rings (SSSR count). The Labute approximate surface area is 294 Å². The van der Waals surface area contributed by atoms with Crippen LogP contribution in [-0.4, -0.2) is 103 Å². The first-order valence-electron chi connectivity index (χ1n) is 16.4. The Morgan fingerprint density at radius 3 is 2.53 bits per heavy atom. The molecular formula is C34H39FN8O7S. The number of para-hydroxylation sites is 1. The van der Waals surface area contributed by atoms with E-state index in [4.69, 9.17) is 19.4 Å². The minimum Gasteiger partial charge on any atom is -0.480 e. The summed E-state index contributed by atoms with van der Waals surface area (Å²) in [5, 5.41) is 15.3. The van der Waals surface area contributed by atoms with Crippen molar-refractivity contribution in [3.05, 3.63) is 83.6 Å². The maximum atomic E-state index is 14.1. The number of amides is 3. The van der Waals surface area contributed by atoms with Gasteiger partial charge in [-0.05, 0) is 55.7 Å². The lowest BCUT2D eigenvalue weighted by molar-refractivity contribution is -0.154. The van der Waals surface area contributed by atoms with Gasteiger partial charge in [0.1, 0.15) is 27.3 Å². The summed E-state index contributed by atoms with van der Waals surface area (Å²) < 4.78 is 50.0. The van der Waals surface area contributed by atoms with Gasteiger partial charge in [-0.2, -0.15) is 14.6 Å². The van der Waals surface area contributed by atoms with Gasteiger partial charge in [-0.25, -0.2) is 27.9 Å². The third kappa shape index (κ3) is 8.33. The number of ether oxygens (including phenoxy) is 2. The molecule has 4 aromatic rings. The molecule has 5 heterocycles. The summed E-state index contributed by atoms with van der Waals surface area (Å²) in [5.74, 6) is -0.640. The molecule has 2 aliphatic rings. The molecule has 3 N–H and O–H groups in total. The van der Waals surface area contributed by atoms with Gasteiger partial charge in [-0.15, -0.1) is 0 Å². The highest BCUT2D eigenvalue weighted by atomic mass is 32.2. The number of pyridine rings is 2. The van der Waals surface area contributed by atoms with Crippen LogP contribution in [-0.2, 0) is 19.4 Å². The molecule has 15 nitrogen and oxygen atoms in total. The Morgan fingerprint density at radius 2 is 1.82 bits per heavy atom. The number of methoxy groups -OCH3 is 2. The maximum absolute atomic E-state index is 14.1. The highest BCUT2D eigenvalue weighted by Crippen LogP contribution is 2.33. The number of benzene rings is 1. The number of hydrogen-bond acceptors (Lipinski definition) is 11. The van der Waals surface area contributed by atoms with Gasteiger partial charge >= 0.3 is 6.03 Å². The third-order valence-electron chi connectivity index (χ3n) is 8.78. The second kappa shape index (κ2) is 15.5. The van der Waals surface area contributed by atoms with Crippen LogP contribution in [0, 0.1) is 12.9 Å². The van der Waals surface area contributed by atoms with Crippen LogP contribution in [0.15, 0.2) is 60.9 Å². The lowest BCUT2D eigenvalue weighted by atomic mass is 10.0. The number of urea groups is 1. The Kier molecular flexibility index (Phi) is 10.9. The molecule has 2 saturated heterocycles. The lowest BCUT2D eigenvalue weighted by Gasteiger charge is -2.23. The number of nitrogens with one attached hydrogen (secondary N) is 3. The van der Waals surface area contributed by atoms with Gasteiger partial charge in [0, 0.05) is 49.8 Å². The Balaban J connectivity index is 1.28. The van der Waals surface area contributed by atoms with Crippen molar-refractivity contribution in [1.82, 2.24) is 35.4 Å². The molecule has 0 spiro atoms. The predicted octanol–water partition coefficient (Wildman–Crippen LogP) is 3.22. The van der Waals surface area contributed by atoms with Gasteiger partial charge in [-0.1, -0.05) is 18.2 Å².